The first-order chi connectivity index (χ1) is 9.36. The van der Waals surface area contributed by atoms with Gasteiger partial charge in [-0.05, 0) is 35.9 Å². The van der Waals surface area contributed by atoms with E-state index in [1.165, 1.54) is 12.3 Å². The van der Waals surface area contributed by atoms with Crippen LogP contribution >= 0.6 is 27.5 Å². The molecule has 0 unspecified atom stereocenters. The number of aromatic nitrogens is 1. The third kappa shape index (κ3) is 3.94. The molecule has 1 aromatic heterocycles. The molecule has 2 rings (SSSR count). The van der Waals surface area contributed by atoms with Gasteiger partial charge in [0.1, 0.15) is 0 Å². The Bertz CT molecular complexity index is 718. The zero-order chi connectivity index (χ0) is 14.8. The van der Waals surface area contributed by atoms with E-state index in [9.17, 15) is 8.42 Å². The summed E-state index contributed by atoms with van der Waals surface area (Å²) in [4.78, 5) is 3.91. The molecule has 0 aliphatic heterocycles. The van der Waals surface area contributed by atoms with Crippen molar-refractivity contribution in [2.45, 2.75) is 11.6 Å². The van der Waals surface area contributed by atoms with Crippen molar-refractivity contribution in [3.63, 3.8) is 0 Å². The molecule has 1 heterocycles. The van der Waals surface area contributed by atoms with E-state index in [4.69, 9.17) is 11.6 Å². The van der Waals surface area contributed by atoms with E-state index in [2.05, 4.69) is 26.2 Å². The van der Waals surface area contributed by atoms with E-state index in [1.807, 2.05) is 18.2 Å². The summed E-state index contributed by atoms with van der Waals surface area (Å²) in [6.07, 6.45) is 2.62. The van der Waals surface area contributed by atoms with Gasteiger partial charge < -0.3 is 5.32 Å². The SMILES string of the molecule is CS(=O)(=O)c1ccc(NCc2cc(Br)ccc2Cl)cn1. The second-order valence-corrected chi connectivity index (χ2v) is 7.53. The Kier molecular flexibility index (Phi) is 4.67. The van der Waals surface area contributed by atoms with Gasteiger partial charge in [-0.2, -0.15) is 0 Å². The van der Waals surface area contributed by atoms with E-state index in [0.29, 0.717) is 11.6 Å². The lowest BCUT2D eigenvalue weighted by molar-refractivity contribution is 0.598. The number of rotatable bonds is 4. The first kappa shape index (κ1) is 15.3. The fourth-order valence-electron chi connectivity index (χ4n) is 1.58. The Morgan fingerprint density at radius 3 is 2.65 bits per heavy atom. The molecule has 0 spiro atoms. The molecule has 0 bridgehead atoms. The largest absolute Gasteiger partial charge is 0.380 e. The van der Waals surface area contributed by atoms with Crippen LogP contribution in [0.25, 0.3) is 0 Å². The van der Waals surface area contributed by atoms with E-state index >= 15 is 0 Å². The van der Waals surface area contributed by atoms with Gasteiger partial charge >= 0.3 is 0 Å². The Labute approximate surface area is 131 Å². The number of pyridine rings is 1. The van der Waals surface area contributed by atoms with Crippen molar-refractivity contribution in [2.24, 2.45) is 0 Å². The van der Waals surface area contributed by atoms with Gasteiger partial charge in [-0.1, -0.05) is 27.5 Å². The quantitative estimate of drug-likeness (QED) is 0.888. The van der Waals surface area contributed by atoms with Crippen LogP contribution in [0.15, 0.2) is 46.0 Å². The number of benzene rings is 1. The highest BCUT2D eigenvalue weighted by Crippen LogP contribution is 2.22. The van der Waals surface area contributed by atoms with Crippen LogP contribution in [0.4, 0.5) is 5.69 Å². The molecule has 1 aromatic carbocycles. The van der Waals surface area contributed by atoms with Crippen molar-refractivity contribution in [1.82, 2.24) is 4.98 Å². The number of halogens is 2. The molecule has 2 aromatic rings. The van der Waals surface area contributed by atoms with Crippen molar-refractivity contribution in [2.75, 3.05) is 11.6 Å². The molecule has 0 saturated carbocycles. The van der Waals surface area contributed by atoms with Gasteiger partial charge in [0.05, 0.1) is 11.9 Å². The number of hydrogen-bond donors (Lipinski definition) is 1. The summed E-state index contributed by atoms with van der Waals surface area (Å²) < 4.78 is 23.5. The van der Waals surface area contributed by atoms with Crippen molar-refractivity contribution in [3.05, 3.63) is 51.6 Å². The summed E-state index contributed by atoms with van der Waals surface area (Å²) >= 11 is 9.48. The summed E-state index contributed by atoms with van der Waals surface area (Å²) in [7, 11) is -3.27. The van der Waals surface area contributed by atoms with Gasteiger partial charge in [-0.3, -0.25) is 0 Å². The summed E-state index contributed by atoms with van der Waals surface area (Å²) in [5, 5.41) is 3.87. The second-order valence-electron chi connectivity index (χ2n) is 4.25. The standard InChI is InChI=1S/C13H12BrClN2O2S/c1-20(18,19)13-5-3-11(8-17-13)16-7-9-6-10(14)2-4-12(9)15/h2-6,8,16H,7H2,1H3. The van der Waals surface area contributed by atoms with Crippen LogP contribution in [0.3, 0.4) is 0 Å². The van der Waals surface area contributed by atoms with Crippen LogP contribution in [-0.4, -0.2) is 19.7 Å². The van der Waals surface area contributed by atoms with Gasteiger partial charge in [-0.25, -0.2) is 13.4 Å². The Morgan fingerprint density at radius 1 is 1.30 bits per heavy atom. The average molecular weight is 376 g/mol. The molecule has 0 saturated heterocycles. The number of hydrogen-bond acceptors (Lipinski definition) is 4. The average Bonchev–Trinajstić information content (AvgIpc) is 2.39. The molecule has 4 nitrogen and oxygen atoms in total. The minimum Gasteiger partial charge on any atom is -0.380 e. The van der Waals surface area contributed by atoms with Gasteiger partial charge in [0.15, 0.2) is 14.9 Å². The summed E-state index contributed by atoms with van der Waals surface area (Å²) in [6, 6.07) is 8.75. The molecule has 0 aliphatic carbocycles. The fraction of sp³-hybridized carbons (Fsp3) is 0.154. The van der Waals surface area contributed by atoms with Gasteiger partial charge in [-0.15, -0.1) is 0 Å². The van der Waals surface area contributed by atoms with Crippen LogP contribution in [-0.2, 0) is 16.4 Å². The number of nitrogens with one attached hydrogen (secondary N) is 1. The topological polar surface area (TPSA) is 59.1 Å². The lowest BCUT2D eigenvalue weighted by Gasteiger charge is -2.08. The summed E-state index contributed by atoms with van der Waals surface area (Å²) in [5.74, 6) is 0. The molecule has 0 amide bonds. The van der Waals surface area contributed by atoms with Crippen molar-refractivity contribution in [3.8, 4) is 0 Å². The number of nitrogens with zero attached hydrogens (tertiary/aromatic N) is 1. The molecule has 7 heteroatoms. The smallest absolute Gasteiger partial charge is 0.192 e. The monoisotopic (exact) mass is 374 g/mol. The van der Waals surface area contributed by atoms with E-state index in [-0.39, 0.29) is 5.03 Å². The van der Waals surface area contributed by atoms with Crippen molar-refractivity contribution >= 4 is 43.1 Å². The Balaban J connectivity index is 2.10. The predicted octanol–water partition coefficient (Wildman–Crippen LogP) is 3.51. The van der Waals surface area contributed by atoms with Crippen LogP contribution < -0.4 is 5.32 Å². The molecular formula is C13H12BrClN2O2S. The summed E-state index contributed by atoms with van der Waals surface area (Å²) in [6.45, 7) is 0.526. The normalized spacial score (nSPS) is 11.3. The third-order valence-electron chi connectivity index (χ3n) is 2.61. The maximum absolute atomic E-state index is 11.3. The van der Waals surface area contributed by atoms with Crippen molar-refractivity contribution < 1.29 is 8.42 Å². The first-order valence-electron chi connectivity index (χ1n) is 5.70. The minimum absolute atomic E-state index is 0.0588. The Hall–Kier alpha value is -1.11. The highest BCUT2D eigenvalue weighted by Gasteiger charge is 2.08. The predicted molar refractivity (Wildman–Crippen MR) is 83.8 cm³/mol. The molecule has 1 N–H and O–H groups in total. The van der Waals surface area contributed by atoms with E-state index in [0.717, 1.165) is 22.0 Å². The zero-order valence-corrected chi connectivity index (χ0v) is 13.8. The van der Waals surface area contributed by atoms with Crippen molar-refractivity contribution in [1.29, 1.82) is 0 Å². The molecule has 0 fully saturated rings. The molecule has 0 radical (unpaired) electrons. The maximum atomic E-state index is 11.3. The van der Waals surface area contributed by atoms with Gasteiger partial charge in [0, 0.05) is 22.3 Å². The third-order valence-corrected chi connectivity index (χ3v) is 4.47. The van der Waals surface area contributed by atoms with Crippen LogP contribution in [0, 0.1) is 0 Å². The lowest BCUT2D eigenvalue weighted by atomic mass is 10.2. The molecule has 0 atom stereocenters. The van der Waals surface area contributed by atoms with E-state index < -0.39 is 9.84 Å². The first-order valence-corrected chi connectivity index (χ1v) is 8.76. The maximum Gasteiger partial charge on any atom is 0.192 e. The zero-order valence-electron chi connectivity index (χ0n) is 10.6. The molecular weight excluding hydrogens is 364 g/mol. The number of sulfone groups is 1. The molecule has 20 heavy (non-hydrogen) atoms. The van der Waals surface area contributed by atoms with Crippen LogP contribution in [0.1, 0.15) is 5.56 Å². The van der Waals surface area contributed by atoms with Gasteiger partial charge in [0.2, 0.25) is 0 Å². The molecule has 0 aliphatic rings. The minimum atomic E-state index is -3.27. The van der Waals surface area contributed by atoms with Gasteiger partial charge in [0.25, 0.3) is 0 Å². The van der Waals surface area contributed by atoms with Crippen LogP contribution in [0.5, 0.6) is 0 Å². The lowest BCUT2D eigenvalue weighted by Crippen LogP contribution is -2.03. The van der Waals surface area contributed by atoms with E-state index in [1.54, 1.807) is 6.07 Å². The number of anilines is 1. The highest BCUT2D eigenvalue weighted by atomic mass is 79.9. The fourth-order valence-corrected chi connectivity index (χ4v) is 2.73. The Morgan fingerprint density at radius 2 is 2.05 bits per heavy atom. The summed E-state index contributed by atoms with van der Waals surface area (Å²) in [5.41, 5.74) is 1.67. The molecule has 106 valence electrons. The van der Waals surface area contributed by atoms with Crippen LogP contribution in [0.2, 0.25) is 5.02 Å². The second kappa shape index (κ2) is 6.11. The highest BCUT2D eigenvalue weighted by molar-refractivity contribution is 9.10.